The Morgan fingerprint density at radius 2 is 2.26 bits per heavy atom. The van der Waals surface area contributed by atoms with E-state index in [0.717, 1.165) is 4.90 Å². The number of furan rings is 1. The maximum absolute atomic E-state index is 12.5. The Kier molecular flexibility index (Phi) is 7.12. The summed E-state index contributed by atoms with van der Waals surface area (Å²) in [7, 11) is 1.27. The zero-order valence-electron chi connectivity index (χ0n) is 13.5. The second kappa shape index (κ2) is 8.93. The monoisotopic (exact) mass is 405 g/mol. The number of aliphatic carboxylic acids is 1. The molecule has 1 aromatic heterocycles. The van der Waals surface area contributed by atoms with Crippen LogP contribution in [-0.4, -0.2) is 99.1 Å². The molecule has 1 aromatic rings. The number of aliphatic hydroxyl groups is 1. The van der Waals surface area contributed by atoms with E-state index < -0.39 is 35.8 Å². The molecule has 0 unspecified atom stereocenters. The molecular weight excluding hydrogens is 389 g/mol. The molecule has 0 bridgehead atoms. The van der Waals surface area contributed by atoms with Gasteiger partial charge in [-0.2, -0.15) is 0 Å². The third-order valence-corrected chi connectivity index (χ3v) is 5.22. The van der Waals surface area contributed by atoms with Gasteiger partial charge in [0.2, 0.25) is 5.71 Å². The van der Waals surface area contributed by atoms with Crippen molar-refractivity contribution in [3.8, 4) is 0 Å². The van der Waals surface area contributed by atoms with E-state index in [-0.39, 0.29) is 58.1 Å². The molecule has 1 fully saturated rings. The van der Waals surface area contributed by atoms with E-state index in [1.165, 1.54) is 31.2 Å². The van der Waals surface area contributed by atoms with E-state index in [2.05, 4.69) is 15.3 Å². The molecule has 27 heavy (non-hydrogen) atoms. The summed E-state index contributed by atoms with van der Waals surface area (Å²) in [6.07, 6.45) is 1.36. The van der Waals surface area contributed by atoms with Crippen LogP contribution in [0.5, 0.6) is 0 Å². The van der Waals surface area contributed by atoms with E-state index in [0.29, 0.717) is 0 Å². The summed E-state index contributed by atoms with van der Waals surface area (Å²) in [6, 6.07) is 2.17. The predicted octanol–water partition coefficient (Wildman–Crippen LogP) is -1.29. The number of hydrogen-bond donors (Lipinski definition) is 3. The van der Waals surface area contributed by atoms with Crippen molar-refractivity contribution in [2.24, 2.45) is 5.16 Å². The molecule has 2 amide bonds. The van der Waals surface area contributed by atoms with Crippen LogP contribution in [0.1, 0.15) is 5.76 Å². The number of β-lactam (4-membered cyclic amide) rings is 1. The summed E-state index contributed by atoms with van der Waals surface area (Å²) in [5.74, 6) is -2.15. The number of carbonyl (C=O) groups is 3. The van der Waals surface area contributed by atoms with E-state index in [1.54, 1.807) is 6.07 Å². The molecule has 10 nitrogen and oxygen atoms in total. The van der Waals surface area contributed by atoms with Crippen LogP contribution >= 0.6 is 11.8 Å². The number of carbonyl (C=O) groups excluding carboxylic acids is 2. The first-order chi connectivity index (χ1) is 12.5. The Labute approximate surface area is 179 Å². The molecule has 0 aliphatic carbocycles. The molecule has 2 aliphatic heterocycles. The fourth-order valence-electron chi connectivity index (χ4n) is 2.72. The van der Waals surface area contributed by atoms with Crippen LogP contribution in [0.25, 0.3) is 0 Å². The average Bonchev–Trinajstić information content (AvgIpc) is 3.16. The molecule has 0 aromatic carbocycles. The van der Waals surface area contributed by atoms with Gasteiger partial charge in [0.1, 0.15) is 24.2 Å². The first-order valence-electron chi connectivity index (χ1n) is 7.46. The first-order valence-corrected chi connectivity index (χ1v) is 8.51. The van der Waals surface area contributed by atoms with Gasteiger partial charge >= 0.3 is 35.5 Å². The summed E-state index contributed by atoms with van der Waals surface area (Å²) in [5.41, 5.74) is -0.118. The average molecular weight is 405 g/mol. The van der Waals surface area contributed by atoms with Gasteiger partial charge in [-0.05, 0) is 17.7 Å². The Hall–Kier alpha value is -1.79. The van der Waals surface area contributed by atoms with Crippen LogP contribution in [0.4, 0.5) is 0 Å². The van der Waals surface area contributed by atoms with Crippen LogP contribution in [0.2, 0.25) is 0 Å². The molecule has 0 spiro atoms. The summed E-state index contributed by atoms with van der Waals surface area (Å²) in [4.78, 5) is 42.0. The van der Waals surface area contributed by atoms with Crippen LogP contribution in [0, 0.1) is 0 Å². The van der Waals surface area contributed by atoms with Crippen molar-refractivity contribution < 1.29 is 33.9 Å². The third-order valence-electron chi connectivity index (χ3n) is 3.88. The number of nitrogens with one attached hydrogen (secondary N) is 1. The van der Waals surface area contributed by atoms with Gasteiger partial charge in [0.05, 0.1) is 12.9 Å². The Balaban J connectivity index is 0.00000261. The first kappa shape index (κ1) is 21.5. The number of oxime groups is 1. The van der Waals surface area contributed by atoms with E-state index >= 15 is 0 Å². The molecule has 3 rings (SSSR count). The predicted molar refractivity (Wildman–Crippen MR) is 96.2 cm³/mol. The minimum absolute atomic E-state index is 0. The van der Waals surface area contributed by atoms with Crippen molar-refractivity contribution in [3.05, 3.63) is 35.4 Å². The Bertz CT molecular complexity index is 808. The quantitative estimate of drug-likeness (QED) is 0.230. The second-order valence-electron chi connectivity index (χ2n) is 5.38. The van der Waals surface area contributed by atoms with Crippen molar-refractivity contribution in [2.45, 2.75) is 11.4 Å². The fourth-order valence-corrected chi connectivity index (χ4v) is 4.05. The zero-order chi connectivity index (χ0) is 18.8. The van der Waals surface area contributed by atoms with Crippen LogP contribution in [0.15, 0.2) is 39.2 Å². The maximum atomic E-state index is 12.5. The molecule has 2 atom stereocenters. The van der Waals surface area contributed by atoms with Gasteiger partial charge in [0.15, 0.2) is 5.76 Å². The van der Waals surface area contributed by atoms with Crippen molar-refractivity contribution in [1.82, 2.24) is 10.2 Å². The topological polar surface area (TPSA) is 142 Å². The Morgan fingerprint density at radius 3 is 2.81 bits per heavy atom. The van der Waals surface area contributed by atoms with Crippen molar-refractivity contribution in [3.63, 3.8) is 0 Å². The normalized spacial score (nSPS) is 21.8. The van der Waals surface area contributed by atoms with Crippen LogP contribution < -0.4 is 5.32 Å². The molecule has 2 aliphatic rings. The van der Waals surface area contributed by atoms with Gasteiger partial charge in [-0.15, -0.1) is 11.8 Å². The van der Waals surface area contributed by atoms with Crippen molar-refractivity contribution in [1.29, 1.82) is 0 Å². The number of carboxylic acids is 1. The molecule has 3 heterocycles. The van der Waals surface area contributed by atoms with Gasteiger partial charge in [-0.25, -0.2) is 4.79 Å². The van der Waals surface area contributed by atoms with Crippen LogP contribution in [-0.2, 0) is 19.2 Å². The molecule has 0 saturated carbocycles. The number of amides is 2. The number of rotatable bonds is 6. The summed E-state index contributed by atoms with van der Waals surface area (Å²) < 4.78 is 5.13. The molecule has 0 radical (unpaired) electrons. The number of nitrogens with zero attached hydrogens (tertiary/aromatic N) is 2. The standard InChI is InChI=1S/C15H15N3O7S.Na.H/c1-24-17-9(8-3-2-4-25-8)12(20)16-10-13(21)18-11(15(22)23)7(5-19)6-26-14(10)18;;/h2-4,10,14,19H,5-6H2,1H3,(H,16,20)(H,22,23);;/b17-9+;;/t10-,14-;;/m1../s1. The van der Waals surface area contributed by atoms with Crippen molar-refractivity contribution >= 4 is 64.8 Å². The summed E-state index contributed by atoms with van der Waals surface area (Å²) >= 11 is 1.26. The van der Waals surface area contributed by atoms with Gasteiger partial charge in [0, 0.05) is 5.75 Å². The number of aliphatic hydroxyl groups excluding tert-OH is 1. The summed E-state index contributed by atoms with van der Waals surface area (Å²) in [5, 5.41) is 24.2. The number of carboxylic acid groups (broad SMARTS) is 1. The van der Waals surface area contributed by atoms with Gasteiger partial charge in [-0.1, -0.05) is 5.16 Å². The van der Waals surface area contributed by atoms with E-state index in [4.69, 9.17) is 4.42 Å². The minimum atomic E-state index is -1.30. The number of fused-ring (bicyclic) bond motifs is 1. The number of thioether (sulfide) groups is 1. The molecular formula is C15H16N3NaO7S. The van der Waals surface area contributed by atoms with Gasteiger partial charge in [0.25, 0.3) is 11.8 Å². The van der Waals surface area contributed by atoms with Crippen molar-refractivity contribution in [2.75, 3.05) is 19.5 Å². The third kappa shape index (κ3) is 3.92. The van der Waals surface area contributed by atoms with E-state index in [1.807, 2.05) is 0 Å². The van der Waals surface area contributed by atoms with Gasteiger partial charge < -0.3 is 24.8 Å². The van der Waals surface area contributed by atoms with Gasteiger partial charge in [-0.3, -0.25) is 14.5 Å². The van der Waals surface area contributed by atoms with E-state index in [9.17, 15) is 24.6 Å². The fraction of sp³-hybridized carbons (Fsp3) is 0.333. The van der Waals surface area contributed by atoms with Crippen LogP contribution in [0.3, 0.4) is 0 Å². The second-order valence-corrected chi connectivity index (χ2v) is 6.48. The zero-order valence-corrected chi connectivity index (χ0v) is 14.4. The SMILES string of the molecule is CO/N=C(/C(=O)N[C@@H]1C(=O)N2C(C(=O)O)=C(CO)CS[C@H]12)c1ccco1.[NaH]. The molecule has 12 heteroatoms. The Morgan fingerprint density at radius 1 is 1.52 bits per heavy atom. The molecule has 140 valence electrons. The summed E-state index contributed by atoms with van der Waals surface area (Å²) in [6.45, 7) is -0.453. The number of hydrogen-bond acceptors (Lipinski definition) is 8. The molecule has 1 saturated heterocycles. The molecule has 3 N–H and O–H groups in total.